The Hall–Kier alpha value is -3.59. The number of hydrogen-bond acceptors (Lipinski definition) is 6. The fourth-order valence-corrected chi connectivity index (χ4v) is 3.80. The number of anilines is 1. The molecule has 9 heteroatoms. The number of nitrogens with one attached hydrogen (secondary N) is 2. The zero-order valence-corrected chi connectivity index (χ0v) is 22.7. The maximum Gasteiger partial charge on any atom is 0.408 e. The highest BCUT2D eigenvalue weighted by Crippen LogP contribution is 2.26. The van der Waals surface area contributed by atoms with E-state index in [1.165, 1.54) is 4.90 Å². The Morgan fingerprint density at radius 1 is 1.05 bits per heavy atom. The third-order valence-electron chi connectivity index (χ3n) is 5.50. The fraction of sp³-hybridized carbons (Fsp3) is 0.464. The molecule has 0 fully saturated rings. The summed E-state index contributed by atoms with van der Waals surface area (Å²) >= 11 is 0. The first-order chi connectivity index (χ1) is 17.4. The van der Waals surface area contributed by atoms with Crippen LogP contribution in [0.4, 0.5) is 10.5 Å². The first-order valence-electron chi connectivity index (χ1n) is 12.3. The van der Waals surface area contributed by atoms with Crippen molar-refractivity contribution in [1.29, 1.82) is 0 Å². The molecule has 0 heterocycles. The highest BCUT2D eigenvalue weighted by molar-refractivity contribution is 5.99. The van der Waals surface area contributed by atoms with Crippen molar-refractivity contribution < 1.29 is 29.0 Å². The largest absolute Gasteiger partial charge is 0.497 e. The molecule has 0 aliphatic carbocycles. The number of benzene rings is 2. The molecule has 37 heavy (non-hydrogen) atoms. The summed E-state index contributed by atoms with van der Waals surface area (Å²) in [7, 11) is 1.55. The van der Waals surface area contributed by atoms with Gasteiger partial charge in [0.25, 0.3) is 5.91 Å². The van der Waals surface area contributed by atoms with Crippen LogP contribution in [0.25, 0.3) is 0 Å². The topological polar surface area (TPSA) is 117 Å². The molecule has 3 amide bonds. The predicted octanol–water partition coefficient (Wildman–Crippen LogP) is 4.05. The predicted molar refractivity (Wildman–Crippen MR) is 142 cm³/mol. The summed E-state index contributed by atoms with van der Waals surface area (Å²) in [5.41, 5.74) is 1.25. The molecule has 0 spiro atoms. The van der Waals surface area contributed by atoms with Gasteiger partial charge in [0.15, 0.2) is 0 Å². The minimum absolute atomic E-state index is 0.118. The zero-order chi connectivity index (χ0) is 27.8. The maximum absolute atomic E-state index is 13.9. The molecule has 2 unspecified atom stereocenters. The Bertz CT molecular complexity index is 1060. The van der Waals surface area contributed by atoms with Crippen molar-refractivity contribution in [3.05, 3.63) is 59.7 Å². The average molecular weight is 514 g/mol. The molecule has 0 aromatic heterocycles. The van der Waals surface area contributed by atoms with E-state index in [4.69, 9.17) is 9.47 Å². The highest BCUT2D eigenvalue weighted by atomic mass is 16.6. The Balaban J connectivity index is 2.46. The van der Waals surface area contributed by atoms with Gasteiger partial charge in [-0.2, -0.15) is 0 Å². The molecule has 0 saturated heterocycles. The Morgan fingerprint density at radius 3 is 2.22 bits per heavy atom. The van der Waals surface area contributed by atoms with Crippen LogP contribution >= 0.6 is 0 Å². The van der Waals surface area contributed by atoms with E-state index in [1.54, 1.807) is 78.1 Å². The van der Waals surface area contributed by atoms with E-state index in [-0.39, 0.29) is 19.1 Å². The van der Waals surface area contributed by atoms with Gasteiger partial charge in [0.2, 0.25) is 5.91 Å². The molecule has 0 saturated carbocycles. The summed E-state index contributed by atoms with van der Waals surface area (Å²) in [4.78, 5) is 41.4. The van der Waals surface area contributed by atoms with Crippen molar-refractivity contribution >= 4 is 23.6 Å². The van der Waals surface area contributed by atoms with Gasteiger partial charge in [-0.3, -0.25) is 9.59 Å². The van der Waals surface area contributed by atoms with Crippen LogP contribution in [0.2, 0.25) is 0 Å². The molecule has 9 nitrogen and oxygen atoms in total. The van der Waals surface area contributed by atoms with Gasteiger partial charge in [-0.25, -0.2) is 4.79 Å². The molecule has 0 aliphatic heterocycles. The van der Waals surface area contributed by atoms with Gasteiger partial charge in [-0.1, -0.05) is 43.7 Å². The second-order valence-corrected chi connectivity index (χ2v) is 10.2. The third kappa shape index (κ3) is 8.78. The van der Waals surface area contributed by atoms with Crippen LogP contribution in [0.5, 0.6) is 5.75 Å². The van der Waals surface area contributed by atoms with Crippen molar-refractivity contribution in [2.75, 3.05) is 25.6 Å². The molecule has 2 atom stereocenters. The van der Waals surface area contributed by atoms with Crippen molar-refractivity contribution in [3.8, 4) is 5.75 Å². The third-order valence-corrected chi connectivity index (χ3v) is 5.50. The number of carbonyl (C=O) groups is 3. The van der Waals surface area contributed by atoms with E-state index in [0.29, 0.717) is 17.0 Å². The maximum atomic E-state index is 13.9. The van der Waals surface area contributed by atoms with Crippen LogP contribution in [-0.2, 0) is 14.3 Å². The number of amides is 3. The van der Waals surface area contributed by atoms with E-state index in [9.17, 15) is 19.5 Å². The standard InChI is InChI=1S/C28H39N3O6/c1-18(2)23(30-27(35)37-28(4,5)6)26(34)31(15-16-32)24(20-10-8-9-19(3)17-20)25(33)29-21-11-13-22(36-7)14-12-21/h8-14,17-18,23-24,32H,15-16H2,1-7H3,(H,29,33)(H,30,35). The van der Waals surface area contributed by atoms with E-state index in [0.717, 1.165) is 5.56 Å². The summed E-state index contributed by atoms with van der Waals surface area (Å²) in [5.74, 6) is -0.647. The monoisotopic (exact) mass is 513 g/mol. The Labute approximate surface area is 219 Å². The number of alkyl carbamates (subject to hydrolysis) is 1. The first kappa shape index (κ1) is 29.6. The molecule has 2 aromatic carbocycles. The van der Waals surface area contributed by atoms with E-state index in [2.05, 4.69) is 10.6 Å². The molecular weight excluding hydrogens is 474 g/mol. The number of rotatable bonds is 10. The smallest absolute Gasteiger partial charge is 0.408 e. The van der Waals surface area contributed by atoms with Crippen LogP contribution < -0.4 is 15.4 Å². The van der Waals surface area contributed by atoms with Gasteiger partial charge in [0.05, 0.1) is 13.7 Å². The van der Waals surface area contributed by atoms with E-state index in [1.807, 2.05) is 19.1 Å². The molecule has 0 aliphatic rings. The highest BCUT2D eigenvalue weighted by Gasteiger charge is 2.37. The molecule has 2 rings (SSSR count). The van der Waals surface area contributed by atoms with Crippen LogP contribution in [0.3, 0.4) is 0 Å². The SMILES string of the molecule is COc1ccc(NC(=O)C(c2cccc(C)c2)N(CCO)C(=O)C(NC(=O)OC(C)(C)C)C(C)C)cc1. The van der Waals surface area contributed by atoms with Crippen molar-refractivity contribution in [2.24, 2.45) is 5.92 Å². The number of carbonyl (C=O) groups excluding carboxylic acids is 3. The normalized spacial score (nSPS) is 12.9. The van der Waals surface area contributed by atoms with Gasteiger partial charge in [0.1, 0.15) is 23.4 Å². The minimum Gasteiger partial charge on any atom is -0.497 e. The van der Waals surface area contributed by atoms with Gasteiger partial charge in [0, 0.05) is 12.2 Å². The van der Waals surface area contributed by atoms with Crippen LogP contribution in [0.15, 0.2) is 48.5 Å². The lowest BCUT2D eigenvalue weighted by Crippen LogP contribution is -2.55. The minimum atomic E-state index is -1.07. The molecule has 0 radical (unpaired) electrons. The van der Waals surface area contributed by atoms with Gasteiger partial charge >= 0.3 is 6.09 Å². The van der Waals surface area contributed by atoms with E-state index >= 15 is 0 Å². The molecule has 3 N–H and O–H groups in total. The average Bonchev–Trinajstić information content (AvgIpc) is 2.81. The first-order valence-corrected chi connectivity index (χ1v) is 12.3. The lowest BCUT2D eigenvalue weighted by atomic mass is 9.98. The fourth-order valence-electron chi connectivity index (χ4n) is 3.80. The van der Waals surface area contributed by atoms with Crippen molar-refractivity contribution in [3.63, 3.8) is 0 Å². The Kier molecular flexibility index (Phi) is 10.5. The number of methoxy groups -OCH3 is 1. The van der Waals surface area contributed by atoms with Crippen LogP contribution in [-0.4, -0.2) is 59.8 Å². The molecule has 0 bridgehead atoms. The molecule has 2 aromatic rings. The van der Waals surface area contributed by atoms with Gasteiger partial charge in [-0.05, 0) is 63.4 Å². The summed E-state index contributed by atoms with van der Waals surface area (Å²) < 4.78 is 10.5. The van der Waals surface area contributed by atoms with Gasteiger partial charge in [-0.15, -0.1) is 0 Å². The number of aryl methyl sites for hydroxylation is 1. The van der Waals surface area contributed by atoms with Crippen LogP contribution in [0.1, 0.15) is 51.8 Å². The second-order valence-electron chi connectivity index (χ2n) is 10.2. The van der Waals surface area contributed by atoms with E-state index < -0.39 is 35.6 Å². The summed E-state index contributed by atoms with van der Waals surface area (Å²) in [6.45, 7) is 10.2. The molecular formula is C28H39N3O6. The Morgan fingerprint density at radius 2 is 1.70 bits per heavy atom. The molecule has 202 valence electrons. The lowest BCUT2D eigenvalue weighted by molar-refractivity contribution is -0.142. The summed E-state index contributed by atoms with van der Waals surface area (Å²) in [6, 6.07) is 12.1. The number of nitrogens with zero attached hydrogens (tertiary/aromatic N) is 1. The van der Waals surface area contributed by atoms with Crippen molar-refractivity contribution in [2.45, 2.75) is 59.2 Å². The number of ether oxygens (including phenoxy) is 2. The van der Waals surface area contributed by atoms with Crippen LogP contribution in [0, 0.1) is 12.8 Å². The zero-order valence-electron chi connectivity index (χ0n) is 22.7. The number of hydrogen-bond donors (Lipinski definition) is 3. The van der Waals surface area contributed by atoms with Crippen molar-refractivity contribution in [1.82, 2.24) is 10.2 Å². The summed E-state index contributed by atoms with van der Waals surface area (Å²) in [6.07, 6.45) is -0.738. The quantitative estimate of drug-likeness (QED) is 0.441. The number of aliphatic hydroxyl groups excluding tert-OH is 1. The lowest BCUT2D eigenvalue weighted by Gasteiger charge is -2.35. The van der Waals surface area contributed by atoms with Gasteiger partial charge < -0.3 is 30.1 Å². The summed E-state index contributed by atoms with van der Waals surface area (Å²) in [5, 5.41) is 15.4. The number of aliphatic hydroxyl groups is 1. The second kappa shape index (κ2) is 13.1.